The van der Waals surface area contributed by atoms with Gasteiger partial charge in [-0.3, -0.25) is 0 Å². The van der Waals surface area contributed by atoms with E-state index in [-0.39, 0.29) is 6.04 Å². The Kier molecular flexibility index (Phi) is 3.96. The van der Waals surface area contributed by atoms with Gasteiger partial charge in [0.2, 0.25) is 0 Å². The molecule has 4 heteroatoms. The van der Waals surface area contributed by atoms with Crippen molar-refractivity contribution < 1.29 is 4.74 Å². The maximum Gasteiger partial charge on any atom is 0.0948 e. The monoisotopic (exact) mass is 223 g/mol. The van der Waals surface area contributed by atoms with Gasteiger partial charge in [0.15, 0.2) is 0 Å². The van der Waals surface area contributed by atoms with E-state index in [0.717, 1.165) is 25.3 Å². The first-order chi connectivity index (χ1) is 7.77. The number of imidazole rings is 1. The van der Waals surface area contributed by atoms with Gasteiger partial charge < -0.3 is 15.0 Å². The molecule has 0 saturated carbocycles. The molecule has 1 unspecified atom stereocenters. The normalized spacial score (nSPS) is 23.2. The van der Waals surface area contributed by atoms with Gasteiger partial charge in [0.1, 0.15) is 0 Å². The van der Waals surface area contributed by atoms with E-state index >= 15 is 0 Å². The summed E-state index contributed by atoms with van der Waals surface area (Å²) in [4.78, 5) is 4.15. The zero-order valence-electron chi connectivity index (χ0n) is 9.93. The number of hydrogen-bond acceptors (Lipinski definition) is 3. The Morgan fingerprint density at radius 2 is 2.50 bits per heavy atom. The second-order valence-electron chi connectivity index (χ2n) is 4.58. The number of rotatable bonds is 4. The van der Waals surface area contributed by atoms with Crippen molar-refractivity contribution >= 4 is 0 Å². The molecular formula is C12H21N3O. The fourth-order valence-electron chi connectivity index (χ4n) is 2.22. The van der Waals surface area contributed by atoms with Crippen LogP contribution in [0, 0.1) is 0 Å². The van der Waals surface area contributed by atoms with E-state index in [0.29, 0.717) is 6.10 Å². The van der Waals surface area contributed by atoms with Crippen LogP contribution < -0.4 is 5.73 Å². The van der Waals surface area contributed by atoms with Gasteiger partial charge in [-0.1, -0.05) is 0 Å². The van der Waals surface area contributed by atoms with Crippen molar-refractivity contribution in [2.45, 2.75) is 51.3 Å². The van der Waals surface area contributed by atoms with Crippen LogP contribution in [0.1, 0.15) is 44.3 Å². The van der Waals surface area contributed by atoms with Crippen LogP contribution in [0.15, 0.2) is 12.5 Å². The molecule has 2 N–H and O–H groups in total. The van der Waals surface area contributed by atoms with Crippen LogP contribution in [-0.2, 0) is 11.3 Å². The van der Waals surface area contributed by atoms with Crippen LogP contribution in [0.4, 0.5) is 0 Å². The minimum absolute atomic E-state index is 0.0507. The summed E-state index contributed by atoms with van der Waals surface area (Å²) in [5.41, 5.74) is 6.98. The molecular weight excluding hydrogens is 202 g/mol. The molecule has 0 bridgehead atoms. The first-order valence-electron chi connectivity index (χ1n) is 6.14. The lowest BCUT2D eigenvalue weighted by molar-refractivity contribution is 0.00867. The molecule has 1 saturated heterocycles. The Labute approximate surface area is 96.8 Å². The molecule has 0 radical (unpaired) electrons. The van der Waals surface area contributed by atoms with Gasteiger partial charge in [0.25, 0.3) is 0 Å². The Hall–Kier alpha value is -0.870. The maximum absolute atomic E-state index is 5.88. The van der Waals surface area contributed by atoms with Gasteiger partial charge in [0.05, 0.1) is 18.1 Å². The van der Waals surface area contributed by atoms with Gasteiger partial charge >= 0.3 is 0 Å². The maximum atomic E-state index is 5.88. The average Bonchev–Trinajstić information content (AvgIpc) is 2.76. The molecule has 2 heterocycles. The highest BCUT2D eigenvalue weighted by molar-refractivity contribution is 5.02. The van der Waals surface area contributed by atoms with Crippen molar-refractivity contribution in [1.29, 1.82) is 0 Å². The number of nitrogens with zero attached hydrogens (tertiary/aromatic N) is 2. The molecule has 0 spiro atoms. The SMILES string of the molecule is C[C@@H](N)c1cncn1CCC1CCCCO1. The molecule has 2 rings (SSSR count). The summed E-state index contributed by atoms with van der Waals surface area (Å²) >= 11 is 0. The smallest absolute Gasteiger partial charge is 0.0948 e. The average molecular weight is 223 g/mol. The lowest BCUT2D eigenvalue weighted by Gasteiger charge is -2.23. The third-order valence-corrected chi connectivity index (χ3v) is 3.18. The molecule has 1 aromatic rings. The van der Waals surface area contributed by atoms with Crippen molar-refractivity contribution in [1.82, 2.24) is 9.55 Å². The Bertz CT molecular complexity index is 316. The van der Waals surface area contributed by atoms with Gasteiger partial charge in [-0.2, -0.15) is 0 Å². The van der Waals surface area contributed by atoms with Crippen molar-refractivity contribution in [2.75, 3.05) is 6.61 Å². The fraction of sp³-hybridized carbons (Fsp3) is 0.750. The Morgan fingerprint density at radius 1 is 1.62 bits per heavy atom. The van der Waals surface area contributed by atoms with Gasteiger partial charge in [0, 0.05) is 25.4 Å². The molecule has 1 aromatic heterocycles. The van der Waals surface area contributed by atoms with E-state index in [4.69, 9.17) is 10.5 Å². The molecule has 4 nitrogen and oxygen atoms in total. The highest BCUT2D eigenvalue weighted by atomic mass is 16.5. The quantitative estimate of drug-likeness (QED) is 0.847. The van der Waals surface area contributed by atoms with Crippen LogP contribution >= 0.6 is 0 Å². The highest BCUT2D eigenvalue weighted by Gasteiger charge is 2.14. The molecule has 90 valence electrons. The van der Waals surface area contributed by atoms with Gasteiger partial charge in [-0.15, -0.1) is 0 Å². The van der Waals surface area contributed by atoms with E-state index in [9.17, 15) is 0 Å². The summed E-state index contributed by atoms with van der Waals surface area (Å²) in [5.74, 6) is 0. The Morgan fingerprint density at radius 3 is 3.19 bits per heavy atom. The van der Waals surface area contributed by atoms with E-state index < -0.39 is 0 Å². The molecule has 0 aromatic carbocycles. The second kappa shape index (κ2) is 5.46. The topological polar surface area (TPSA) is 53.1 Å². The molecule has 0 amide bonds. The molecule has 16 heavy (non-hydrogen) atoms. The van der Waals surface area contributed by atoms with Crippen LogP contribution in [0.3, 0.4) is 0 Å². The van der Waals surface area contributed by atoms with E-state index in [1.807, 2.05) is 19.4 Å². The highest BCUT2D eigenvalue weighted by Crippen LogP contribution is 2.17. The van der Waals surface area contributed by atoms with Crippen molar-refractivity contribution in [2.24, 2.45) is 5.73 Å². The third-order valence-electron chi connectivity index (χ3n) is 3.18. The second-order valence-corrected chi connectivity index (χ2v) is 4.58. The summed E-state index contributed by atoms with van der Waals surface area (Å²) in [6.07, 6.45) is 8.92. The largest absolute Gasteiger partial charge is 0.378 e. The standard InChI is InChI=1S/C12H21N3O/c1-10(13)12-8-14-9-15(12)6-5-11-4-2-3-7-16-11/h8-11H,2-7,13H2,1H3/t10-,11?/m1/s1. The molecule has 1 fully saturated rings. The van der Waals surface area contributed by atoms with Crippen LogP contribution in [0.5, 0.6) is 0 Å². The van der Waals surface area contributed by atoms with E-state index in [1.165, 1.54) is 19.3 Å². The lowest BCUT2D eigenvalue weighted by atomic mass is 10.1. The lowest BCUT2D eigenvalue weighted by Crippen LogP contribution is -2.21. The molecule has 1 aliphatic rings. The third kappa shape index (κ3) is 2.83. The van der Waals surface area contributed by atoms with Gasteiger partial charge in [-0.25, -0.2) is 4.98 Å². The number of aryl methyl sites for hydroxylation is 1. The summed E-state index contributed by atoms with van der Waals surface area (Å²) in [5, 5.41) is 0. The van der Waals surface area contributed by atoms with Crippen LogP contribution in [0.25, 0.3) is 0 Å². The van der Waals surface area contributed by atoms with E-state index in [2.05, 4.69) is 9.55 Å². The summed E-state index contributed by atoms with van der Waals surface area (Å²) in [6.45, 7) is 3.88. The first kappa shape index (κ1) is 11.6. The summed E-state index contributed by atoms with van der Waals surface area (Å²) < 4.78 is 7.85. The zero-order valence-corrected chi connectivity index (χ0v) is 9.93. The van der Waals surface area contributed by atoms with Gasteiger partial charge in [-0.05, 0) is 32.6 Å². The molecule has 2 atom stereocenters. The first-order valence-corrected chi connectivity index (χ1v) is 6.14. The Balaban J connectivity index is 1.86. The summed E-state index contributed by atoms with van der Waals surface area (Å²) in [6, 6.07) is 0.0507. The number of ether oxygens (including phenoxy) is 1. The number of aromatic nitrogens is 2. The van der Waals surface area contributed by atoms with Crippen LogP contribution in [-0.4, -0.2) is 22.3 Å². The predicted octanol–water partition coefficient (Wildman–Crippen LogP) is 1.86. The fourth-order valence-corrected chi connectivity index (χ4v) is 2.22. The van der Waals surface area contributed by atoms with Crippen LogP contribution in [0.2, 0.25) is 0 Å². The predicted molar refractivity (Wildman–Crippen MR) is 63.0 cm³/mol. The summed E-state index contributed by atoms with van der Waals surface area (Å²) in [7, 11) is 0. The minimum atomic E-state index is 0.0507. The number of nitrogens with two attached hydrogens (primary N) is 1. The minimum Gasteiger partial charge on any atom is -0.378 e. The van der Waals surface area contributed by atoms with E-state index in [1.54, 1.807) is 0 Å². The zero-order chi connectivity index (χ0) is 11.4. The number of hydrogen-bond donors (Lipinski definition) is 1. The van der Waals surface area contributed by atoms with Crippen molar-refractivity contribution in [3.8, 4) is 0 Å². The van der Waals surface area contributed by atoms with Crippen molar-refractivity contribution in [3.63, 3.8) is 0 Å². The molecule has 1 aliphatic heterocycles. The van der Waals surface area contributed by atoms with Crippen molar-refractivity contribution in [3.05, 3.63) is 18.2 Å². The molecule has 0 aliphatic carbocycles.